The van der Waals surface area contributed by atoms with E-state index in [0.29, 0.717) is 11.0 Å². The number of nitrogens with zero attached hydrogens (tertiary/aromatic N) is 3. The summed E-state index contributed by atoms with van der Waals surface area (Å²) >= 11 is 5.94. The molecule has 18 heavy (non-hydrogen) atoms. The Morgan fingerprint density at radius 3 is 2.56 bits per heavy atom. The minimum absolute atomic E-state index is 0.255. The lowest BCUT2D eigenvalue weighted by molar-refractivity contribution is 0.172. The second kappa shape index (κ2) is 5.41. The third-order valence-electron chi connectivity index (χ3n) is 3.89. The van der Waals surface area contributed by atoms with E-state index >= 15 is 0 Å². The Balaban J connectivity index is 2.05. The molecule has 1 saturated carbocycles. The van der Waals surface area contributed by atoms with E-state index < -0.39 is 0 Å². The maximum Gasteiger partial charge on any atom is 0.134 e. The first kappa shape index (κ1) is 13.6. The molecular formula is C13H21ClN4. The monoisotopic (exact) mass is 268 g/mol. The second-order valence-corrected chi connectivity index (χ2v) is 5.69. The second-order valence-electron chi connectivity index (χ2n) is 5.30. The minimum atomic E-state index is 0.255. The van der Waals surface area contributed by atoms with Gasteiger partial charge < -0.3 is 10.2 Å². The average Bonchev–Trinajstić information content (AvgIpc) is 2.75. The largest absolute Gasteiger partial charge is 0.368 e. The molecular weight excluding hydrogens is 248 g/mol. The number of hydrogen-bond donors (Lipinski definition) is 1. The van der Waals surface area contributed by atoms with Gasteiger partial charge in [0, 0.05) is 18.2 Å². The first-order valence-corrected chi connectivity index (χ1v) is 6.82. The zero-order valence-corrected chi connectivity index (χ0v) is 12.1. The van der Waals surface area contributed by atoms with Crippen molar-refractivity contribution in [3.63, 3.8) is 0 Å². The highest BCUT2D eigenvalue weighted by Crippen LogP contribution is 2.33. The van der Waals surface area contributed by atoms with Gasteiger partial charge in [-0.3, -0.25) is 0 Å². The van der Waals surface area contributed by atoms with Gasteiger partial charge in [0.2, 0.25) is 0 Å². The van der Waals surface area contributed by atoms with Crippen molar-refractivity contribution < 1.29 is 0 Å². The Morgan fingerprint density at radius 1 is 1.33 bits per heavy atom. The van der Waals surface area contributed by atoms with Gasteiger partial charge in [-0.15, -0.1) is 0 Å². The average molecular weight is 269 g/mol. The molecule has 0 spiro atoms. The lowest BCUT2D eigenvalue weighted by Crippen LogP contribution is -2.47. The van der Waals surface area contributed by atoms with Crippen molar-refractivity contribution in [2.45, 2.75) is 38.1 Å². The maximum atomic E-state index is 5.94. The van der Waals surface area contributed by atoms with Crippen molar-refractivity contribution >= 4 is 17.4 Å². The Bertz CT molecular complexity index is 393. The fraction of sp³-hybridized carbons (Fsp3) is 0.692. The third-order valence-corrected chi connectivity index (χ3v) is 4.08. The topological polar surface area (TPSA) is 41.1 Å². The Hall–Kier alpha value is -0.870. The van der Waals surface area contributed by atoms with Gasteiger partial charge in [-0.25, -0.2) is 9.97 Å². The van der Waals surface area contributed by atoms with E-state index in [0.717, 1.165) is 12.4 Å². The number of aromatic nitrogens is 2. The summed E-state index contributed by atoms with van der Waals surface area (Å²) in [5, 5.41) is 3.91. The summed E-state index contributed by atoms with van der Waals surface area (Å²) in [6.07, 6.45) is 5.10. The number of likely N-dealkylation sites (N-methyl/N-ethyl adjacent to an activating group) is 1. The van der Waals surface area contributed by atoms with Crippen LogP contribution in [0.4, 0.5) is 5.82 Å². The minimum Gasteiger partial charge on any atom is -0.368 e. The van der Waals surface area contributed by atoms with Gasteiger partial charge in [0.1, 0.15) is 16.8 Å². The van der Waals surface area contributed by atoms with Crippen LogP contribution < -0.4 is 5.32 Å². The lowest BCUT2D eigenvalue weighted by Gasteiger charge is -2.36. The van der Waals surface area contributed by atoms with E-state index in [1.807, 2.05) is 6.92 Å². The van der Waals surface area contributed by atoms with Gasteiger partial charge in [0.15, 0.2) is 0 Å². The first-order valence-electron chi connectivity index (χ1n) is 6.44. The van der Waals surface area contributed by atoms with E-state index in [-0.39, 0.29) is 5.54 Å². The van der Waals surface area contributed by atoms with Crippen molar-refractivity contribution in [3.05, 3.63) is 17.0 Å². The smallest absolute Gasteiger partial charge is 0.134 e. The molecule has 1 aliphatic carbocycles. The van der Waals surface area contributed by atoms with Gasteiger partial charge in [-0.1, -0.05) is 24.4 Å². The molecule has 1 aromatic rings. The Labute approximate surface area is 114 Å². The molecule has 0 aromatic carbocycles. The highest BCUT2D eigenvalue weighted by atomic mass is 35.5. The van der Waals surface area contributed by atoms with E-state index in [1.165, 1.54) is 25.7 Å². The van der Waals surface area contributed by atoms with E-state index in [1.54, 1.807) is 6.07 Å². The summed E-state index contributed by atoms with van der Waals surface area (Å²) < 4.78 is 0. The van der Waals surface area contributed by atoms with Gasteiger partial charge in [-0.05, 0) is 33.9 Å². The molecule has 1 fully saturated rings. The predicted octanol–water partition coefficient (Wildman–Crippen LogP) is 2.72. The highest BCUT2D eigenvalue weighted by molar-refractivity contribution is 6.29. The zero-order valence-electron chi connectivity index (χ0n) is 11.3. The number of hydrogen-bond acceptors (Lipinski definition) is 4. The summed E-state index contributed by atoms with van der Waals surface area (Å²) in [7, 11) is 4.32. The molecule has 2 rings (SSSR count). The van der Waals surface area contributed by atoms with Crippen LogP contribution >= 0.6 is 11.6 Å². The van der Waals surface area contributed by atoms with Gasteiger partial charge in [0.05, 0.1) is 0 Å². The van der Waals surface area contributed by atoms with Crippen molar-refractivity contribution in [1.29, 1.82) is 0 Å². The van der Waals surface area contributed by atoms with Crippen molar-refractivity contribution in [2.75, 3.05) is 26.0 Å². The molecule has 100 valence electrons. The normalized spacial score (nSPS) is 18.3. The van der Waals surface area contributed by atoms with Crippen molar-refractivity contribution in [2.24, 2.45) is 0 Å². The number of nitrogens with one attached hydrogen (secondary N) is 1. The highest BCUT2D eigenvalue weighted by Gasteiger charge is 2.35. The van der Waals surface area contributed by atoms with Gasteiger partial charge in [0.25, 0.3) is 0 Å². The molecule has 0 saturated heterocycles. The SMILES string of the molecule is Cc1nc(Cl)cc(NCC2(N(C)C)CCCC2)n1. The molecule has 5 heteroatoms. The van der Waals surface area contributed by atoms with Crippen LogP contribution in [0.2, 0.25) is 5.15 Å². The van der Waals surface area contributed by atoms with Crippen molar-refractivity contribution in [3.8, 4) is 0 Å². The van der Waals surface area contributed by atoms with Crippen LogP contribution in [-0.2, 0) is 0 Å². The molecule has 0 amide bonds. The zero-order chi connectivity index (χ0) is 13.2. The fourth-order valence-electron chi connectivity index (χ4n) is 2.69. The Morgan fingerprint density at radius 2 is 2.00 bits per heavy atom. The maximum absolute atomic E-state index is 5.94. The number of rotatable bonds is 4. The molecule has 0 bridgehead atoms. The number of anilines is 1. The van der Waals surface area contributed by atoms with E-state index in [4.69, 9.17) is 11.6 Å². The van der Waals surface area contributed by atoms with Crippen LogP contribution in [-0.4, -0.2) is 41.0 Å². The molecule has 1 aromatic heterocycles. The predicted molar refractivity (Wildman–Crippen MR) is 75.2 cm³/mol. The first-order chi connectivity index (χ1) is 8.52. The molecule has 4 nitrogen and oxygen atoms in total. The molecule has 1 aliphatic rings. The van der Waals surface area contributed by atoms with Crippen LogP contribution in [0, 0.1) is 6.92 Å². The van der Waals surface area contributed by atoms with Gasteiger partial charge >= 0.3 is 0 Å². The van der Waals surface area contributed by atoms with E-state index in [2.05, 4.69) is 34.3 Å². The third kappa shape index (κ3) is 2.93. The van der Waals surface area contributed by atoms with Crippen LogP contribution in [0.25, 0.3) is 0 Å². The number of halogens is 1. The Kier molecular flexibility index (Phi) is 4.07. The lowest BCUT2D eigenvalue weighted by atomic mass is 9.96. The van der Waals surface area contributed by atoms with Crippen LogP contribution in [0.1, 0.15) is 31.5 Å². The summed E-state index contributed by atoms with van der Waals surface area (Å²) in [4.78, 5) is 10.8. The van der Waals surface area contributed by atoms with Crippen LogP contribution in [0.5, 0.6) is 0 Å². The standard InChI is InChI=1S/C13H21ClN4/c1-10-16-11(14)8-12(17-10)15-9-13(18(2)3)6-4-5-7-13/h8H,4-7,9H2,1-3H3,(H,15,16,17). The summed E-state index contributed by atoms with van der Waals surface area (Å²) in [5.74, 6) is 1.52. The van der Waals surface area contributed by atoms with Gasteiger partial charge in [-0.2, -0.15) is 0 Å². The molecule has 1 N–H and O–H groups in total. The van der Waals surface area contributed by atoms with Crippen LogP contribution in [0.15, 0.2) is 6.07 Å². The summed E-state index contributed by atoms with van der Waals surface area (Å²) in [5.41, 5.74) is 0.255. The molecule has 1 heterocycles. The molecule has 0 radical (unpaired) electrons. The number of aryl methyl sites for hydroxylation is 1. The van der Waals surface area contributed by atoms with E-state index in [9.17, 15) is 0 Å². The summed E-state index contributed by atoms with van der Waals surface area (Å²) in [6.45, 7) is 2.77. The molecule has 0 unspecified atom stereocenters. The molecule has 0 aliphatic heterocycles. The summed E-state index contributed by atoms with van der Waals surface area (Å²) in [6, 6.07) is 1.78. The van der Waals surface area contributed by atoms with Crippen LogP contribution in [0.3, 0.4) is 0 Å². The van der Waals surface area contributed by atoms with Crippen molar-refractivity contribution in [1.82, 2.24) is 14.9 Å². The quantitative estimate of drug-likeness (QED) is 0.853. The fourth-order valence-corrected chi connectivity index (χ4v) is 2.92. The molecule has 0 atom stereocenters.